The van der Waals surface area contributed by atoms with Gasteiger partial charge in [-0.15, -0.1) is 0 Å². The van der Waals surface area contributed by atoms with E-state index in [-0.39, 0.29) is 17.1 Å². The van der Waals surface area contributed by atoms with Crippen molar-refractivity contribution in [1.29, 1.82) is 0 Å². The summed E-state index contributed by atoms with van der Waals surface area (Å²) in [6.45, 7) is 0. The number of alkyl halides is 3. The topological polar surface area (TPSA) is 92.7 Å². The van der Waals surface area contributed by atoms with Gasteiger partial charge < -0.3 is 9.84 Å². The number of para-hydroxylation sites is 1. The summed E-state index contributed by atoms with van der Waals surface area (Å²) in [5.74, 6) is -2.22. The Bertz CT molecular complexity index is 1200. The zero-order valence-corrected chi connectivity index (χ0v) is 16.6. The monoisotopic (exact) mass is 451 g/mol. The number of carbonyl (C=O) groups is 1. The summed E-state index contributed by atoms with van der Waals surface area (Å²) in [6.07, 6.45) is -4.73. The van der Waals surface area contributed by atoms with E-state index in [0.29, 0.717) is 17.7 Å². The minimum Gasteiger partial charge on any atom is -0.478 e. The number of benzene rings is 3. The molecule has 2 N–H and O–H groups in total. The third-order valence-electron chi connectivity index (χ3n) is 4.11. The van der Waals surface area contributed by atoms with E-state index in [4.69, 9.17) is 4.74 Å². The van der Waals surface area contributed by atoms with Crippen molar-refractivity contribution in [1.82, 2.24) is 0 Å². The van der Waals surface area contributed by atoms with Gasteiger partial charge in [0.2, 0.25) is 10.0 Å². The molecule has 0 bridgehead atoms. The van der Waals surface area contributed by atoms with Crippen molar-refractivity contribution in [3.63, 3.8) is 0 Å². The average Bonchev–Trinajstić information content (AvgIpc) is 2.69. The van der Waals surface area contributed by atoms with Crippen LogP contribution in [0, 0.1) is 0 Å². The van der Waals surface area contributed by atoms with Gasteiger partial charge in [-0.3, -0.25) is 4.72 Å². The first-order chi connectivity index (χ1) is 14.5. The lowest BCUT2D eigenvalue weighted by Gasteiger charge is -2.17. The molecule has 31 heavy (non-hydrogen) atoms. The molecule has 0 aliphatic carbocycles. The van der Waals surface area contributed by atoms with Gasteiger partial charge >= 0.3 is 12.1 Å². The van der Waals surface area contributed by atoms with E-state index in [1.165, 1.54) is 24.3 Å². The normalized spacial score (nSPS) is 11.7. The summed E-state index contributed by atoms with van der Waals surface area (Å²) in [7, 11) is -4.10. The number of ether oxygens (including phenoxy) is 1. The zero-order valence-electron chi connectivity index (χ0n) is 15.8. The van der Waals surface area contributed by atoms with E-state index < -0.39 is 39.2 Å². The Labute approximate surface area is 176 Å². The van der Waals surface area contributed by atoms with Crippen LogP contribution in [0.25, 0.3) is 0 Å². The first-order valence-electron chi connectivity index (χ1n) is 8.81. The highest BCUT2D eigenvalue weighted by Gasteiger charge is 2.32. The Hall–Kier alpha value is -3.53. The fraction of sp³-hybridized carbons (Fsp3) is 0.0952. The second-order valence-corrected chi connectivity index (χ2v) is 8.18. The van der Waals surface area contributed by atoms with Crippen molar-refractivity contribution in [3.05, 3.63) is 89.5 Å². The van der Waals surface area contributed by atoms with E-state index in [0.717, 1.165) is 6.07 Å². The van der Waals surface area contributed by atoms with Gasteiger partial charge in [-0.2, -0.15) is 13.2 Å². The summed E-state index contributed by atoms with van der Waals surface area (Å²) < 4.78 is 72.3. The first kappa shape index (κ1) is 22.2. The van der Waals surface area contributed by atoms with E-state index in [1.54, 1.807) is 30.3 Å². The lowest BCUT2D eigenvalue weighted by atomic mass is 10.1. The van der Waals surface area contributed by atoms with Crippen LogP contribution in [0.1, 0.15) is 21.5 Å². The zero-order chi connectivity index (χ0) is 22.6. The first-order valence-corrected chi connectivity index (χ1v) is 10.5. The molecule has 3 aromatic rings. The SMILES string of the molecule is O=C(O)c1ccccc1Oc1ccc(C(F)(F)F)cc1NS(=O)(=O)Cc1ccccc1. The van der Waals surface area contributed by atoms with Gasteiger partial charge in [0.15, 0.2) is 5.75 Å². The highest BCUT2D eigenvalue weighted by atomic mass is 32.2. The molecule has 0 aliphatic heterocycles. The third-order valence-corrected chi connectivity index (χ3v) is 5.35. The van der Waals surface area contributed by atoms with Crippen LogP contribution in [0.3, 0.4) is 0 Å². The van der Waals surface area contributed by atoms with Gasteiger partial charge in [-0.1, -0.05) is 42.5 Å². The minimum absolute atomic E-state index is 0.154. The predicted octanol–water partition coefficient (Wildman–Crippen LogP) is 5.14. The molecule has 6 nitrogen and oxygen atoms in total. The summed E-state index contributed by atoms with van der Waals surface area (Å²) >= 11 is 0. The van der Waals surface area contributed by atoms with Crippen LogP contribution in [-0.2, 0) is 22.0 Å². The standard InChI is InChI=1S/C21H16F3NO5S/c22-21(23,24)15-10-11-19(30-18-9-5-4-8-16(18)20(26)27)17(12-15)25-31(28,29)13-14-6-2-1-3-7-14/h1-12,25H,13H2,(H,26,27). The van der Waals surface area contributed by atoms with Gasteiger partial charge in [0.25, 0.3) is 0 Å². The Morgan fingerprint density at radius 3 is 2.23 bits per heavy atom. The summed E-state index contributed by atoms with van der Waals surface area (Å²) in [6, 6.07) is 15.8. The van der Waals surface area contributed by atoms with Crippen LogP contribution in [-0.4, -0.2) is 19.5 Å². The van der Waals surface area contributed by atoms with Crippen molar-refractivity contribution >= 4 is 21.7 Å². The molecule has 162 valence electrons. The summed E-state index contributed by atoms with van der Waals surface area (Å²) in [4.78, 5) is 11.4. The minimum atomic E-state index is -4.73. The van der Waals surface area contributed by atoms with E-state index in [9.17, 15) is 31.5 Å². The van der Waals surface area contributed by atoms with Gasteiger partial charge in [0.05, 0.1) is 17.0 Å². The largest absolute Gasteiger partial charge is 0.478 e. The van der Waals surface area contributed by atoms with Gasteiger partial charge in [0, 0.05) is 0 Å². The van der Waals surface area contributed by atoms with Gasteiger partial charge in [0.1, 0.15) is 11.3 Å². The molecule has 0 radical (unpaired) electrons. The number of halogens is 3. The Balaban J connectivity index is 2.00. The fourth-order valence-electron chi connectivity index (χ4n) is 2.72. The highest BCUT2D eigenvalue weighted by Crippen LogP contribution is 2.38. The fourth-order valence-corrected chi connectivity index (χ4v) is 3.92. The molecule has 0 saturated heterocycles. The molecule has 0 spiro atoms. The molecule has 0 atom stereocenters. The molecule has 0 aromatic heterocycles. The van der Waals surface area contributed by atoms with Crippen molar-refractivity contribution < 1.29 is 36.2 Å². The maximum atomic E-state index is 13.2. The molecule has 3 rings (SSSR count). The molecule has 0 fully saturated rings. The van der Waals surface area contributed by atoms with Crippen LogP contribution < -0.4 is 9.46 Å². The molecule has 0 saturated carbocycles. The molecule has 0 unspecified atom stereocenters. The number of nitrogens with one attached hydrogen (secondary N) is 1. The number of hydrogen-bond donors (Lipinski definition) is 2. The summed E-state index contributed by atoms with van der Waals surface area (Å²) in [5.41, 5.74) is -1.36. The lowest BCUT2D eigenvalue weighted by Crippen LogP contribution is -2.16. The van der Waals surface area contributed by atoms with E-state index in [1.807, 2.05) is 0 Å². The number of sulfonamides is 1. The van der Waals surface area contributed by atoms with Crippen LogP contribution in [0.4, 0.5) is 18.9 Å². The third kappa shape index (κ3) is 5.76. The quantitative estimate of drug-likeness (QED) is 0.519. The molecule has 0 aliphatic rings. The molecule has 0 amide bonds. The Kier molecular flexibility index (Phi) is 6.21. The molecular formula is C21H16F3NO5S. The molecule has 3 aromatic carbocycles. The predicted molar refractivity (Wildman–Crippen MR) is 108 cm³/mol. The molecule has 10 heteroatoms. The Morgan fingerprint density at radius 1 is 0.935 bits per heavy atom. The van der Waals surface area contributed by atoms with Gasteiger partial charge in [-0.25, -0.2) is 13.2 Å². The van der Waals surface area contributed by atoms with Crippen molar-refractivity contribution in [2.45, 2.75) is 11.9 Å². The molecule has 0 heterocycles. The van der Waals surface area contributed by atoms with Crippen LogP contribution in [0.2, 0.25) is 0 Å². The number of aromatic carboxylic acids is 1. The van der Waals surface area contributed by atoms with Crippen LogP contribution in [0.5, 0.6) is 11.5 Å². The molecular weight excluding hydrogens is 435 g/mol. The van der Waals surface area contributed by atoms with Crippen molar-refractivity contribution in [3.8, 4) is 11.5 Å². The smallest absolute Gasteiger partial charge is 0.416 e. The van der Waals surface area contributed by atoms with E-state index in [2.05, 4.69) is 4.72 Å². The average molecular weight is 451 g/mol. The lowest BCUT2D eigenvalue weighted by molar-refractivity contribution is -0.137. The van der Waals surface area contributed by atoms with Crippen molar-refractivity contribution in [2.75, 3.05) is 4.72 Å². The Morgan fingerprint density at radius 2 is 1.58 bits per heavy atom. The number of anilines is 1. The maximum Gasteiger partial charge on any atom is 0.416 e. The van der Waals surface area contributed by atoms with Crippen LogP contribution >= 0.6 is 0 Å². The van der Waals surface area contributed by atoms with E-state index >= 15 is 0 Å². The van der Waals surface area contributed by atoms with Crippen molar-refractivity contribution in [2.24, 2.45) is 0 Å². The number of carboxylic acid groups (broad SMARTS) is 1. The number of hydrogen-bond acceptors (Lipinski definition) is 4. The second kappa shape index (κ2) is 8.68. The van der Waals surface area contributed by atoms with Crippen LogP contribution in [0.15, 0.2) is 72.8 Å². The number of carboxylic acids is 1. The number of rotatable bonds is 7. The summed E-state index contributed by atoms with van der Waals surface area (Å²) in [5, 5.41) is 9.27. The highest BCUT2D eigenvalue weighted by molar-refractivity contribution is 7.91. The maximum absolute atomic E-state index is 13.2. The second-order valence-electron chi connectivity index (χ2n) is 6.46. The van der Waals surface area contributed by atoms with Gasteiger partial charge in [-0.05, 0) is 35.9 Å².